The first-order valence-corrected chi connectivity index (χ1v) is 17.0. The number of aryl methyl sites for hydroxylation is 1. The first kappa shape index (κ1) is 32.4. The summed E-state index contributed by atoms with van der Waals surface area (Å²) in [6, 6.07) is 7.19. The molecule has 46 heavy (non-hydrogen) atoms. The molecular weight excluding hydrogens is 602 g/mol. The molecule has 1 aromatic carbocycles. The number of nitrogens with two attached hydrogens (primary N) is 1. The van der Waals surface area contributed by atoms with Gasteiger partial charge in [-0.3, -0.25) is 14.4 Å². The van der Waals surface area contributed by atoms with E-state index in [2.05, 4.69) is 42.3 Å². The molecule has 6 rings (SSSR count). The van der Waals surface area contributed by atoms with E-state index in [0.29, 0.717) is 28.9 Å². The van der Waals surface area contributed by atoms with E-state index < -0.39 is 29.0 Å². The highest BCUT2D eigenvalue weighted by Crippen LogP contribution is 2.68. The number of imidazole rings is 1. The summed E-state index contributed by atoms with van der Waals surface area (Å²) in [4.78, 5) is 53.6. The van der Waals surface area contributed by atoms with Gasteiger partial charge < -0.3 is 15.6 Å². The smallest absolute Gasteiger partial charge is 0.316 e. The van der Waals surface area contributed by atoms with Crippen LogP contribution in [-0.2, 0) is 14.3 Å². The minimum Gasteiger partial charge on any atom is -0.461 e. The van der Waals surface area contributed by atoms with E-state index in [1.54, 1.807) is 18.2 Å². The molecule has 2 aromatic heterocycles. The zero-order valence-corrected chi connectivity index (χ0v) is 28.0. The Morgan fingerprint density at radius 1 is 1.20 bits per heavy atom. The summed E-state index contributed by atoms with van der Waals surface area (Å²) in [5, 5.41) is 12.1. The fourth-order valence-electron chi connectivity index (χ4n) is 8.80. The Morgan fingerprint density at radius 3 is 2.61 bits per heavy atom. The Morgan fingerprint density at radius 2 is 1.91 bits per heavy atom. The van der Waals surface area contributed by atoms with E-state index in [0.717, 1.165) is 36.6 Å². The van der Waals surface area contributed by atoms with Crippen molar-refractivity contribution in [3.8, 4) is 0 Å². The number of hydrogen-bond acceptors (Lipinski definition) is 10. The van der Waals surface area contributed by atoms with Gasteiger partial charge in [-0.05, 0) is 62.0 Å². The van der Waals surface area contributed by atoms with Crippen molar-refractivity contribution in [2.75, 3.05) is 11.5 Å². The van der Waals surface area contributed by atoms with Crippen molar-refractivity contribution >= 4 is 46.5 Å². The van der Waals surface area contributed by atoms with Crippen LogP contribution in [0.4, 0.5) is 5.95 Å². The average molecular weight is 646 g/mol. The summed E-state index contributed by atoms with van der Waals surface area (Å²) in [5.41, 5.74) is 6.48. The standard InChI is InChI=1S/C35H43N5O5S/c1-7-33(5)16-24(34(6)20(3)12-14-35(21(4)28(33)43)15-13-23(41)27(34)35)45-25(42)17-46-30-26-29(38-32(36)39-30)40(18-37-26)31(44)22-10-8-19(2)9-11-22/h7-11,18,20-21,24,27-28,43H,1,12-17H2,2-6H3,(H2,36,38,39)/t20-,21+,24-,27?,28+,33-,34+,35+/m1/s1. The number of benzene rings is 1. The lowest BCUT2D eigenvalue weighted by Gasteiger charge is -2.61. The first-order valence-electron chi connectivity index (χ1n) is 16.0. The van der Waals surface area contributed by atoms with Crippen LogP contribution in [0.15, 0.2) is 48.3 Å². The average Bonchev–Trinajstić information content (AvgIpc) is 3.62. The summed E-state index contributed by atoms with van der Waals surface area (Å²) in [5.74, 6) is -0.996. The maximum Gasteiger partial charge on any atom is 0.316 e. The number of nitrogens with zero attached hydrogens (tertiary/aromatic N) is 4. The number of Topliss-reactive ketones (excluding diaryl/α,β-unsaturated/α-hetero) is 1. The zero-order chi connectivity index (χ0) is 33.2. The number of fused-ring (bicyclic) bond motifs is 1. The van der Waals surface area contributed by atoms with E-state index >= 15 is 0 Å². The van der Waals surface area contributed by atoms with Crippen LogP contribution >= 0.6 is 11.8 Å². The number of carbonyl (C=O) groups excluding carboxylic acids is 3. The zero-order valence-electron chi connectivity index (χ0n) is 27.2. The van der Waals surface area contributed by atoms with Crippen LogP contribution in [0.2, 0.25) is 0 Å². The Hall–Kier alpha value is -3.57. The van der Waals surface area contributed by atoms with E-state index in [9.17, 15) is 19.5 Å². The summed E-state index contributed by atoms with van der Waals surface area (Å²) < 4.78 is 7.70. The van der Waals surface area contributed by atoms with Gasteiger partial charge >= 0.3 is 5.97 Å². The van der Waals surface area contributed by atoms with Gasteiger partial charge in [-0.1, -0.05) is 63.2 Å². The molecule has 11 heteroatoms. The number of rotatable bonds is 6. The Kier molecular flexibility index (Phi) is 8.16. The number of esters is 1. The number of carbonyl (C=O) groups is 3. The third-order valence-corrected chi connectivity index (χ3v) is 12.7. The topological polar surface area (TPSA) is 150 Å². The van der Waals surface area contributed by atoms with Crippen molar-refractivity contribution in [3.63, 3.8) is 0 Å². The van der Waals surface area contributed by atoms with Crippen molar-refractivity contribution in [1.29, 1.82) is 0 Å². The number of ketones is 1. The molecule has 3 aliphatic rings. The predicted octanol–water partition coefficient (Wildman–Crippen LogP) is 5.40. The van der Waals surface area contributed by atoms with E-state index in [1.807, 2.05) is 26.0 Å². The molecule has 0 amide bonds. The molecular formula is C35H43N5O5S. The molecule has 0 aliphatic heterocycles. The molecule has 2 bridgehead atoms. The first-order chi connectivity index (χ1) is 21.7. The summed E-state index contributed by atoms with van der Waals surface area (Å²) in [6.07, 6.45) is 5.16. The molecule has 1 unspecified atom stereocenters. The maximum absolute atomic E-state index is 13.7. The fraction of sp³-hybridized carbons (Fsp3) is 0.543. The predicted molar refractivity (Wildman–Crippen MR) is 176 cm³/mol. The number of aromatic nitrogens is 4. The van der Waals surface area contributed by atoms with E-state index in [1.165, 1.54) is 10.9 Å². The number of aliphatic hydroxyl groups excluding tert-OH is 1. The Balaban J connectivity index is 1.28. The second-order valence-electron chi connectivity index (χ2n) is 14.2. The lowest BCUT2D eigenvalue weighted by atomic mass is 9.44. The molecule has 0 radical (unpaired) electrons. The number of nitrogen functional groups attached to an aromatic ring is 1. The summed E-state index contributed by atoms with van der Waals surface area (Å²) >= 11 is 1.11. The van der Waals surface area contributed by atoms with Crippen LogP contribution in [-0.4, -0.2) is 60.2 Å². The van der Waals surface area contributed by atoms with Crippen LogP contribution in [0.25, 0.3) is 11.2 Å². The summed E-state index contributed by atoms with van der Waals surface area (Å²) in [7, 11) is 0. The van der Waals surface area contributed by atoms with Crippen LogP contribution in [0.3, 0.4) is 0 Å². The molecule has 10 nitrogen and oxygen atoms in total. The normalized spacial score (nSPS) is 34.0. The summed E-state index contributed by atoms with van der Waals surface area (Å²) in [6.45, 7) is 14.4. The second-order valence-corrected chi connectivity index (χ2v) is 15.2. The molecule has 3 aromatic rings. The highest BCUT2D eigenvalue weighted by Gasteiger charge is 2.68. The number of anilines is 1. The third-order valence-electron chi connectivity index (χ3n) is 11.8. The van der Waals surface area contributed by atoms with Gasteiger partial charge in [0.25, 0.3) is 5.91 Å². The van der Waals surface area contributed by atoms with Crippen molar-refractivity contribution < 1.29 is 24.2 Å². The van der Waals surface area contributed by atoms with Gasteiger partial charge in [0.05, 0.1) is 11.9 Å². The van der Waals surface area contributed by atoms with Crippen LogP contribution in [0.5, 0.6) is 0 Å². The van der Waals surface area contributed by atoms with Crippen molar-refractivity contribution in [2.45, 2.75) is 84.0 Å². The lowest BCUT2D eigenvalue weighted by molar-refractivity contribution is -0.205. The monoisotopic (exact) mass is 645 g/mol. The Labute approximate surface area is 273 Å². The van der Waals surface area contributed by atoms with Gasteiger partial charge in [0.1, 0.15) is 28.8 Å². The Bertz CT molecular complexity index is 1720. The molecule has 3 saturated carbocycles. The minimum atomic E-state index is -0.734. The van der Waals surface area contributed by atoms with Gasteiger partial charge in [0.15, 0.2) is 5.65 Å². The van der Waals surface area contributed by atoms with Gasteiger partial charge in [-0.15, -0.1) is 6.58 Å². The van der Waals surface area contributed by atoms with Crippen LogP contribution in [0.1, 0.15) is 75.7 Å². The number of hydrogen-bond donors (Lipinski definition) is 2. The fourth-order valence-corrected chi connectivity index (χ4v) is 9.56. The van der Waals surface area contributed by atoms with E-state index in [-0.39, 0.29) is 52.2 Å². The van der Waals surface area contributed by atoms with Crippen molar-refractivity contribution in [1.82, 2.24) is 19.5 Å². The number of aliphatic hydroxyl groups is 1. The van der Waals surface area contributed by atoms with Gasteiger partial charge in [-0.25, -0.2) is 14.5 Å². The van der Waals surface area contributed by atoms with Crippen molar-refractivity contribution in [2.24, 2.45) is 34.0 Å². The van der Waals surface area contributed by atoms with Crippen LogP contribution < -0.4 is 5.73 Å². The lowest BCUT2D eigenvalue weighted by Crippen LogP contribution is -2.63. The molecule has 0 spiro atoms. The van der Waals surface area contributed by atoms with E-state index in [4.69, 9.17) is 10.5 Å². The van der Waals surface area contributed by atoms with Gasteiger partial charge in [0.2, 0.25) is 5.95 Å². The molecule has 3 aliphatic carbocycles. The molecule has 8 atom stereocenters. The number of thioether (sulfide) groups is 1. The minimum absolute atomic E-state index is 0.0497. The highest BCUT2D eigenvalue weighted by atomic mass is 32.2. The molecule has 3 N–H and O–H groups in total. The van der Waals surface area contributed by atoms with Crippen molar-refractivity contribution in [3.05, 3.63) is 54.4 Å². The SMILES string of the molecule is C=C[C@]1(C)C[C@@H](OC(=O)CSc2nc(N)nc3c2ncn3C(=O)c2ccc(C)cc2)[C@@]2(C)C3C(=O)CC[C@@]3(CC[C@H]2C)[C@@H](C)[C@@H]1O. The second kappa shape index (κ2) is 11.6. The largest absolute Gasteiger partial charge is 0.461 e. The third kappa shape index (κ3) is 4.97. The van der Waals surface area contributed by atoms with Gasteiger partial charge in [0, 0.05) is 28.7 Å². The molecule has 244 valence electrons. The van der Waals surface area contributed by atoms with Gasteiger partial charge in [-0.2, -0.15) is 4.98 Å². The molecule has 2 heterocycles. The van der Waals surface area contributed by atoms with Crippen LogP contribution in [0, 0.1) is 40.9 Å². The maximum atomic E-state index is 13.7. The quantitative estimate of drug-likeness (QED) is 0.154. The molecule has 3 fully saturated rings. The highest BCUT2D eigenvalue weighted by molar-refractivity contribution is 8.00. The molecule has 0 saturated heterocycles. The number of ether oxygens (including phenoxy) is 1.